The summed E-state index contributed by atoms with van der Waals surface area (Å²) in [7, 11) is 1.63. The zero-order valence-corrected chi connectivity index (χ0v) is 15.2. The van der Waals surface area contributed by atoms with Crippen molar-refractivity contribution in [2.75, 3.05) is 20.2 Å². The summed E-state index contributed by atoms with van der Waals surface area (Å²) >= 11 is 0. The van der Waals surface area contributed by atoms with E-state index >= 15 is 0 Å². The number of nitrogens with one attached hydrogen (secondary N) is 3. The van der Waals surface area contributed by atoms with E-state index in [9.17, 15) is 9.59 Å². The van der Waals surface area contributed by atoms with Crippen molar-refractivity contribution < 1.29 is 14.3 Å². The number of ether oxygens (including phenoxy) is 1. The maximum atomic E-state index is 12.3. The Morgan fingerprint density at radius 2 is 1.78 bits per heavy atom. The van der Waals surface area contributed by atoms with Crippen LogP contribution < -0.4 is 15.4 Å². The van der Waals surface area contributed by atoms with Crippen LogP contribution in [0.3, 0.4) is 0 Å². The van der Waals surface area contributed by atoms with E-state index in [4.69, 9.17) is 4.74 Å². The third-order valence-corrected chi connectivity index (χ3v) is 4.38. The first kappa shape index (κ1) is 18.5. The van der Waals surface area contributed by atoms with Crippen LogP contribution >= 0.6 is 0 Å². The standard InChI is InChI=1S/C21H23N3O3/c1-27-19-9-5-2-6-15(19)10-12-22-20(25)11-13-23-21(26)17-14-24-18-8-4-3-7-16(17)18/h2-9,14,24H,10-13H2,1H3,(H,22,25)(H,23,26). The highest BCUT2D eigenvalue weighted by molar-refractivity contribution is 6.06. The molecular weight excluding hydrogens is 342 g/mol. The monoisotopic (exact) mass is 365 g/mol. The van der Waals surface area contributed by atoms with Gasteiger partial charge in [0.2, 0.25) is 5.91 Å². The number of rotatable bonds is 8. The Bertz CT molecular complexity index is 933. The molecule has 0 atom stereocenters. The minimum Gasteiger partial charge on any atom is -0.496 e. The number of aromatic amines is 1. The number of carbonyl (C=O) groups excluding carboxylic acids is 2. The van der Waals surface area contributed by atoms with Gasteiger partial charge in [-0.15, -0.1) is 0 Å². The molecule has 0 aliphatic carbocycles. The number of amides is 2. The minimum atomic E-state index is -0.186. The highest BCUT2D eigenvalue weighted by Crippen LogP contribution is 2.18. The molecule has 0 spiro atoms. The predicted molar refractivity (Wildman–Crippen MR) is 105 cm³/mol. The molecule has 6 heteroatoms. The van der Waals surface area contributed by atoms with Crippen molar-refractivity contribution in [2.24, 2.45) is 0 Å². The van der Waals surface area contributed by atoms with Crippen LogP contribution in [0.1, 0.15) is 22.3 Å². The van der Waals surface area contributed by atoms with E-state index < -0.39 is 0 Å². The average molecular weight is 365 g/mol. The molecule has 2 aromatic carbocycles. The molecule has 3 N–H and O–H groups in total. The van der Waals surface area contributed by atoms with Crippen LogP contribution in [0.15, 0.2) is 54.7 Å². The number of methoxy groups -OCH3 is 1. The maximum absolute atomic E-state index is 12.3. The molecule has 3 rings (SSSR count). The Kier molecular flexibility index (Phi) is 6.10. The van der Waals surface area contributed by atoms with Crippen LogP contribution in [0.4, 0.5) is 0 Å². The number of fused-ring (bicyclic) bond motifs is 1. The Labute approximate surface area is 157 Å². The van der Waals surface area contributed by atoms with Gasteiger partial charge < -0.3 is 20.4 Å². The first-order chi connectivity index (χ1) is 13.2. The quantitative estimate of drug-likeness (QED) is 0.574. The third kappa shape index (κ3) is 4.67. The molecule has 0 fully saturated rings. The van der Waals surface area contributed by atoms with Gasteiger partial charge in [-0.1, -0.05) is 36.4 Å². The van der Waals surface area contributed by atoms with Gasteiger partial charge in [-0.2, -0.15) is 0 Å². The van der Waals surface area contributed by atoms with Crippen LogP contribution in [-0.4, -0.2) is 37.0 Å². The fourth-order valence-electron chi connectivity index (χ4n) is 2.98. The third-order valence-electron chi connectivity index (χ3n) is 4.38. The summed E-state index contributed by atoms with van der Waals surface area (Å²) in [5, 5.41) is 6.53. The first-order valence-electron chi connectivity index (χ1n) is 8.92. The molecule has 27 heavy (non-hydrogen) atoms. The largest absolute Gasteiger partial charge is 0.496 e. The van der Waals surface area contributed by atoms with Crippen LogP contribution in [0.2, 0.25) is 0 Å². The number of H-pyrrole nitrogens is 1. The van der Waals surface area contributed by atoms with Crippen molar-refractivity contribution in [1.29, 1.82) is 0 Å². The van der Waals surface area contributed by atoms with Crippen molar-refractivity contribution >= 4 is 22.7 Å². The molecule has 1 heterocycles. The molecule has 140 valence electrons. The topological polar surface area (TPSA) is 83.2 Å². The summed E-state index contributed by atoms with van der Waals surface area (Å²) in [4.78, 5) is 27.3. The van der Waals surface area contributed by atoms with E-state index in [0.717, 1.165) is 22.2 Å². The Balaban J connectivity index is 1.41. The van der Waals surface area contributed by atoms with Gasteiger partial charge in [0.05, 0.1) is 12.7 Å². The predicted octanol–water partition coefficient (Wildman–Crippen LogP) is 2.66. The van der Waals surface area contributed by atoms with Gasteiger partial charge in [-0.3, -0.25) is 9.59 Å². The van der Waals surface area contributed by atoms with Crippen molar-refractivity contribution in [2.45, 2.75) is 12.8 Å². The number of aromatic nitrogens is 1. The fraction of sp³-hybridized carbons (Fsp3) is 0.238. The van der Waals surface area contributed by atoms with E-state index in [0.29, 0.717) is 25.1 Å². The molecule has 0 aliphatic rings. The maximum Gasteiger partial charge on any atom is 0.253 e. The average Bonchev–Trinajstić information content (AvgIpc) is 3.12. The molecular formula is C21H23N3O3. The summed E-state index contributed by atoms with van der Waals surface area (Å²) in [5.74, 6) is 0.538. The summed E-state index contributed by atoms with van der Waals surface area (Å²) < 4.78 is 5.30. The summed E-state index contributed by atoms with van der Waals surface area (Å²) in [5.41, 5.74) is 2.55. The van der Waals surface area contributed by atoms with Crippen molar-refractivity contribution in [1.82, 2.24) is 15.6 Å². The number of para-hydroxylation sites is 2. The molecule has 0 radical (unpaired) electrons. The van der Waals surface area contributed by atoms with Crippen LogP contribution in [0.25, 0.3) is 10.9 Å². The van der Waals surface area contributed by atoms with Gasteiger partial charge in [0.25, 0.3) is 5.91 Å². The van der Waals surface area contributed by atoms with Gasteiger partial charge in [0.1, 0.15) is 5.75 Å². The van der Waals surface area contributed by atoms with Crippen molar-refractivity contribution in [3.8, 4) is 5.75 Å². The number of carbonyl (C=O) groups is 2. The Morgan fingerprint density at radius 3 is 2.63 bits per heavy atom. The Morgan fingerprint density at radius 1 is 1.00 bits per heavy atom. The highest BCUT2D eigenvalue weighted by atomic mass is 16.5. The second-order valence-electron chi connectivity index (χ2n) is 6.17. The van der Waals surface area contributed by atoms with Crippen molar-refractivity contribution in [3.63, 3.8) is 0 Å². The van der Waals surface area contributed by atoms with Crippen LogP contribution in [0, 0.1) is 0 Å². The van der Waals surface area contributed by atoms with Gasteiger partial charge in [0, 0.05) is 36.6 Å². The molecule has 0 aliphatic heterocycles. The summed E-state index contributed by atoms with van der Waals surface area (Å²) in [6.45, 7) is 0.814. The van der Waals surface area contributed by atoms with Gasteiger partial charge >= 0.3 is 0 Å². The minimum absolute atomic E-state index is 0.0934. The number of hydrogen-bond donors (Lipinski definition) is 3. The second kappa shape index (κ2) is 8.89. The number of hydrogen-bond acceptors (Lipinski definition) is 3. The van der Waals surface area contributed by atoms with E-state index in [1.54, 1.807) is 13.3 Å². The van der Waals surface area contributed by atoms with E-state index in [1.807, 2.05) is 48.5 Å². The van der Waals surface area contributed by atoms with E-state index in [-0.39, 0.29) is 18.2 Å². The molecule has 6 nitrogen and oxygen atoms in total. The smallest absolute Gasteiger partial charge is 0.253 e. The first-order valence-corrected chi connectivity index (χ1v) is 8.92. The lowest BCUT2D eigenvalue weighted by atomic mass is 10.1. The SMILES string of the molecule is COc1ccccc1CCNC(=O)CCNC(=O)c1c[nH]c2ccccc12. The lowest BCUT2D eigenvalue weighted by Crippen LogP contribution is -2.31. The van der Waals surface area contributed by atoms with Gasteiger partial charge in [-0.25, -0.2) is 0 Å². The molecule has 3 aromatic rings. The molecule has 0 unspecified atom stereocenters. The van der Waals surface area contributed by atoms with Gasteiger partial charge in [0.15, 0.2) is 0 Å². The molecule has 0 saturated heterocycles. The second-order valence-corrected chi connectivity index (χ2v) is 6.17. The molecule has 2 amide bonds. The number of benzene rings is 2. The van der Waals surface area contributed by atoms with E-state index in [1.165, 1.54) is 0 Å². The van der Waals surface area contributed by atoms with Crippen LogP contribution in [0.5, 0.6) is 5.75 Å². The Hall–Kier alpha value is -3.28. The van der Waals surface area contributed by atoms with Crippen molar-refractivity contribution in [3.05, 3.63) is 65.9 Å². The zero-order valence-electron chi connectivity index (χ0n) is 15.2. The normalized spacial score (nSPS) is 10.6. The van der Waals surface area contributed by atoms with E-state index in [2.05, 4.69) is 15.6 Å². The molecule has 0 saturated carbocycles. The fourth-order valence-corrected chi connectivity index (χ4v) is 2.98. The lowest BCUT2D eigenvalue weighted by Gasteiger charge is -2.09. The van der Waals surface area contributed by atoms with Crippen LogP contribution in [-0.2, 0) is 11.2 Å². The lowest BCUT2D eigenvalue weighted by molar-refractivity contribution is -0.120. The highest BCUT2D eigenvalue weighted by Gasteiger charge is 2.11. The molecule has 0 bridgehead atoms. The molecule has 1 aromatic heterocycles. The summed E-state index contributed by atoms with van der Waals surface area (Å²) in [6, 6.07) is 15.4. The zero-order chi connectivity index (χ0) is 19.1. The van der Waals surface area contributed by atoms with Gasteiger partial charge in [-0.05, 0) is 24.1 Å². The summed E-state index contributed by atoms with van der Waals surface area (Å²) in [6.07, 6.45) is 2.62.